The van der Waals surface area contributed by atoms with E-state index < -0.39 is 5.60 Å². The summed E-state index contributed by atoms with van der Waals surface area (Å²) < 4.78 is 0. The molecule has 0 bridgehead atoms. The largest absolute Gasteiger partial charge is 0.390 e. The maximum atomic E-state index is 9.94. The Morgan fingerprint density at radius 2 is 1.80 bits per heavy atom. The molecule has 1 nitrogen and oxygen atoms in total. The monoisotopic (exact) mass is 288 g/mol. The van der Waals surface area contributed by atoms with Crippen LogP contribution >= 0.6 is 11.6 Å². The maximum Gasteiger partial charge on any atom is 0.0631 e. The number of aliphatic hydroxyl groups is 1. The number of benzene rings is 2. The number of rotatable bonds is 4. The molecule has 106 valence electrons. The highest BCUT2D eigenvalue weighted by atomic mass is 35.5. The molecule has 2 aromatic carbocycles. The Hall–Kier alpha value is -1.31. The molecule has 0 saturated heterocycles. The van der Waals surface area contributed by atoms with E-state index in [1.165, 1.54) is 5.56 Å². The minimum Gasteiger partial charge on any atom is -0.390 e. The molecule has 0 saturated carbocycles. The predicted octanol–water partition coefficient (Wildman–Crippen LogP) is 4.81. The third-order valence-corrected chi connectivity index (χ3v) is 3.80. The van der Waals surface area contributed by atoms with E-state index in [1.807, 2.05) is 38.1 Å². The molecule has 0 amide bonds. The van der Waals surface area contributed by atoms with Gasteiger partial charge in [0.15, 0.2) is 0 Å². The molecule has 0 aliphatic rings. The van der Waals surface area contributed by atoms with Crippen molar-refractivity contribution in [3.63, 3.8) is 0 Å². The van der Waals surface area contributed by atoms with E-state index in [0.29, 0.717) is 6.42 Å². The van der Waals surface area contributed by atoms with Crippen LogP contribution in [-0.2, 0) is 6.42 Å². The summed E-state index contributed by atoms with van der Waals surface area (Å²) in [4.78, 5) is 0. The van der Waals surface area contributed by atoms with Gasteiger partial charge in [-0.25, -0.2) is 0 Å². The first-order chi connectivity index (χ1) is 9.37. The topological polar surface area (TPSA) is 20.2 Å². The summed E-state index contributed by atoms with van der Waals surface area (Å²) in [7, 11) is 0. The van der Waals surface area contributed by atoms with Gasteiger partial charge in [-0.2, -0.15) is 0 Å². The quantitative estimate of drug-likeness (QED) is 0.856. The fourth-order valence-corrected chi connectivity index (χ4v) is 2.78. The van der Waals surface area contributed by atoms with Crippen molar-refractivity contribution in [2.24, 2.45) is 0 Å². The second-order valence-corrected chi connectivity index (χ2v) is 6.38. The SMILES string of the molecule is CC(c1cccc(CC(C)(C)O)c1)c1ccccc1Cl. The van der Waals surface area contributed by atoms with Crippen LogP contribution in [-0.4, -0.2) is 10.7 Å². The van der Waals surface area contributed by atoms with Crippen LogP contribution in [0.4, 0.5) is 0 Å². The zero-order valence-corrected chi connectivity index (χ0v) is 13.0. The Balaban J connectivity index is 2.29. The summed E-state index contributed by atoms with van der Waals surface area (Å²) in [5, 5.41) is 10.7. The minimum atomic E-state index is -0.688. The second kappa shape index (κ2) is 5.99. The van der Waals surface area contributed by atoms with E-state index in [-0.39, 0.29) is 5.92 Å². The number of halogens is 1. The average Bonchev–Trinajstić information content (AvgIpc) is 2.37. The molecule has 2 heteroatoms. The van der Waals surface area contributed by atoms with E-state index >= 15 is 0 Å². The van der Waals surface area contributed by atoms with Crippen LogP contribution in [0.25, 0.3) is 0 Å². The molecule has 0 fully saturated rings. The Kier molecular flexibility index (Phi) is 4.52. The molecule has 1 atom stereocenters. The van der Waals surface area contributed by atoms with Crippen LogP contribution < -0.4 is 0 Å². The Labute approximate surface area is 126 Å². The van der Waals surface area contributed by atoms with Crippen LogP contribution in [0, 0.1) is 0 Å². The first-order valence-corrected chi connectivity index (χ1v) is 7.30. The van der Waals surface area contributed by atoms with Crippen LogP contribution in [0.1, 0.15) is 43.4 Å². The maximum absolute atomic E-state index is 9.94. The molecule has 0 heterocycles. The predicted molar refractivity (Wildman–Crippen MR) is 85.4 cm³/mol. The Morgan fingerprint density at radius 1 is 1.10 bits per heavy atom. The van der Waals surface area contributed by atoms with Crippen molar-refractivity contribution in [2.45, 2.75) is 38.7 Å². The zero-order chi connectivity index (χ0) is 14.8. The van der Waals surface area contributed by atoms with Crippen LogP contribution in [0.3, 0.4) is 0 Å². The van der Waals surface area contributed by atoms with Gasteiger partial charge in [0.2, 0.25) is 0 Å². The molecule has 1 unspecified atom stereocenters. The molecule has 0 aliphatic carbocycles. The molecule has 2 aromatic rings. The van der Waals surface area contributed by atoms with Gasteiger partial charge >= 0.3 is 0 Å². The highest BCUT2D eigenvalue weighted by Crippen LogP contribution is 2.30. The summed E-state index contributed by atoms with van der Waals surface area (Å²) in [5.41, 5.74) is 2.81. The van der Waals surface area contributed by atoms with Crippen molar-refractivity contribution in [2.75, 3.05) is 0 Å². The molecule has 0 aliphatic heterocycles. The smallest absolute Gasteiger partial charge is 0.0631 e. The summed E-state index contributed by atoms with van der Waals surface area (Å²) in [6, 6.07) is 16.3. The van der Waals surface area contributed by atoms with Gasteiger partial charge in [0.1, 0.15) is 0 Å². The van der Waals surface area contributed by atoms with Crippen molar-refractivity contribution < 1.29 is 5.11 Å². The molecular weight excluding hydrogens is 268 g/mol. The lowest BCUT2D eigenvalue weighted by molar-refractivity contribution is 0.0810. The van der Waals surface area contributed by atoms with Crippen molar-refractivity contribution in [3.8, 4) is 0 Å². The van der Waals surface area contributed by atoms with Crippen molar-refractivity contribution >= 4 is 11.6 Å². The van der Waals surface area contributed by atoms with E-state index in [4.69, 9.17) is 11.6 Å². The lowest BCUT2D eigenvalue weighted by Gasteiger charge is -2.19. The first-order valence-electron chi connectivity index (χ1n) is 6.92. The molecule has 0 spiro atoms. The third-order valence-electron chi connectivity index (χ3n) is 3.46. The van der Waals surface area contributed by atoms with Crippen molar-refractivity contribution in [1.29, 1.82) is 0 Å². The molecule has 20 heavy (non-hydrogen) atoms. The van der Waals surface area contributed by atoms with Gasteiger partial charge in [-0.05, 0) is 36.6 Å². The highest BCUT2D eigenvalue weighted by molar-refractivity contribution is 6.31. The normalized spacial score (nSPS) is 13.2. The lowest BCUT2D eigenvalue weighted by atomic mass is 9.90. The van der Waals surface area contributed by atoms with E-state index in [0.717, 1.165) is 16.1 Å². The third kappa shape index (κ3) is 3.84. The first kappa shape index (κ1) is 15.1. The van der Waals surface area contributed by atoms with Gasteiger partial charge < -0.3 is 5.11 Å². The average molecular weight is 289 g/mol. The molecule has 2 rings (SSSR count). The van der Waals surface area contributed by atoms with E-state index in [1.54, 1.807) is 0 Å². The second-order valence-electron chi connectivity index (χ2n) is 5.98. The molecule has 1 N–H and O–H groups in total. The highest BCUT2D eigenvalue weighted by Gasteiger charge is 2.16. The zero-order valence-electron chi connectivity index (χ0n) is 12.2. The standard InChI is InChI=1S/C18H21ClO/c1-13(16-9-4-5-10-17(16)19)15-8-6-7-14(11-15)12-18(2,3)20/h4-11,13,20H,12H2,1-3H3. The molecular formula is C18H21ClO. The van der Waals surface area contributed by atoms with Gasteiger partial charge in [-0.1, -0.05) is 61.0 Å². The Bertz CT molecular complexity index is 584. The van der Waals surface area contributed by atoms with Crippen LogP contribution in [0.15, 0.2) is 48.5 Å². The van der Waals surface area contributed by atoms with Gasteiger partial charge in [0, 0.05) is 17.4 Å². The van der Waals surface area contributed by atoms with Gasteiger partial charge in [0.25, 0.3) is 0 Å². The molecule has 0 aromatic heterocycles. The van der Waals surface area contributed by atoms with Gasteiger partial charge in [-0.15, -0.1) is 0 Å². The Morgan fingerprint density at radius 3 is 2.45 bits per heavy atom. The van der Waals surface area contributed by atoms with Gasteiger partial charge in [0.05, 0.1) is 5.60 Å². The number of hydrogen-bond acceptors (Lipinski definition) is 1. The number of hydrogen-bond donors (Lipinski definition) is 1. The van der Waals surface area contributed by atoms with Crippen molar-refractivity contribution in [1.82, 2.24) is 0 Å². The fraction of sp³-hybridized carbons (Fsp3) is 0.333. The van der Waals surface area contributed by atoms with E-state index in [9.17, 15) is 5.11 Å². The van der Waals surface area contributed by atoms with E-state index in [2.05, 4.69) is 31.2 Å². The summed E-state index contributed by atoms with van der Waals surface area (Å²) in [6.45, 7) is 5.82. The minimum absolute atomic E-state index is 0.241. The van der Waals surface area contributed by atoms with Gasteiger partial charge in [-0.3, -0.25) is 0 Å². The summed E-state index contributed by atoms with van der Waals surface area (Å²) in [6.07, 6.45) is 0.649. The van der Waals surface area contributed by atoms with Crippen LogP contribution in [0.2, 0.25) is 5.02 Å². The lowest BCUT2D eigenvalue weighted by Crippen LogP contribution is -2.21. The summed E-state index contributed by atoms with van der Waals surface area (Å²) in [5.74, 6) is 0.241. The van der Waals surface area contributed by atoms with Crippen molar-refractivity contribution in [3.05, 3.63) is 70.2 Å². The summed E-state index contributed by atoms with van der Waals surface area (Å²) >= 11 is 6.28. The molecule has 0 radical (unpaired) electrons. The van der Waals surface area contributed by atoms with Crippen LogP contribution in [0.5, 0.6) is 0 Å². The fourth-order valence-electron chi connectivity index (χ4n) is 2.48.